The maximum atomic E-state index is 12.1. The van der Waals surface area contributed by atoms with E-state index in [2.05, 4.69) is 20.5 Å². The standard InChI is InChI=1S/C24H22N4O4/c1-30-18-9-7-17(8-10-18)24-26-22(27-28-24)15-25-23(29)16-31-19-11-13-21(14-12-19)32-20-5-3-2-4-6-20/h2-14H,15-16H2,1H3,(H,25,29)(H,26,27,28). The summed E-state index contributed by atoms with van der Waals surface area (Å²) in [5, 5.41) is 9.76. The van der Waals surface area contributed by atoms with Crippen LogP contribution in [0.15, 0.2) is 78.9 Å². The molecule has 0 bridgehead atoms. The van der Waals surface area contributed by atoms with Gasteiger partial charge in [-0.25, -0.2) is 4.98 Å². The lowest BCUT2D eigenvalue weighted by atomic mass is 10.2. The summed E-state index contributed by atoms with van der Waals surface area (Å²) in [7, 11) is 1.61. The van der Waals surface area contributed by atoms with E-state index >= 15 is 0 Å². The minimum Gasteiger partial charge on any atom is -0.497 e. The van der Waals surface area contributed by atoms with Crippen LogP contribution in [0.1, 0.15) is 5.82 Å². The number of nitrogens with one attached hydrogen (secondary N) is 2. The minimum absolute atomic E-state index is 0.113. The molecule has 32 heavy (non-hydrogen) atoms. The van der Waals surface area contributed by atoms with E-state index in [1.165, 1.54) is 0 Å². The van der Waals surface area contributed by atoms with E-state index in [-0.39, 0.29) is 19.1 Å². The first-order valence-corrected chi connectivity index (χ1v) is 9.98. The molecule has 0 aliphatic heterocycles. The maximum Gasteiger partial charge on any atom is 0.258 e. The molecule has 0 saturated heterocycles. The van der Waals surface area contributed by atoms with E-state index in [0.717, 1.165) is 17.1 Å². The van der Waals surface area contributed by atoms with Crippen LogP contribution < -0.4 is 19.5 Å². The van der Waals surface area contributed by atoms with E-state index in [4.69, 9.17) is 14.2 Å². The van der Waals surface area contributed by atoms with Crippen LogP contribution in [-0.4, -0.2) is 34.8 Å². The molecule has 0 saturated carbocycles. The Bertz CT molecular complexity index is 1140. The van der Waals surface area contributed by atoms with Crippen LogP contribution in [0.3, 0.4) is 0 Å². The fraction of sp³-hybridized carbons (Fsp3) is 0.125. The molecular formula is C24H22N4O4. The summed E-state index contributed by atoms with van der Waals surface area (Å²) >= 11 is 0. The Morgan fingerprint density at radius 3 is 2.25 bits per heavy atom. The molecule has 0 radical (unpaired) electrons. The van der Waals surface area contributed by atoms with Crippen molar-refractivity contribution in [3.05, 3.63) is 84.7 Å². The van der Waals surface area contributed by atoms with Crippen molar-refractivity contribution >= 4 is 5.91 Å². The highest BCUT2D eigenvalue weighted by Gasteiger charge is 2.09. The minimum atomic E-state index is -0.267. The molecular weight excluding hydrogens is 408 g/mol. The summed E-state index contributed by atoms with van der Waals surface area (Å²) in [4.78, 5) is 16.5. The Labute approximate surface area is 185 Å². The summed E-state index contributed by atoms with van der Waals surface area (Å²) in [6, 6.07) is 24.0. The number of carbonyl (C=O) groups is 1. The number of carbonyl (C=O) groups excluding carboxylic acids is 1. The first kappa shape index (κ1) is 20.9. The van der Waals surface area contributed by atoms with Crippen LogP contribution in [-0.2, 0) is 11.3 Å². The van der Waals surface area contributed by atoms with Gasteiger partial charge in [-0.05, 0) is 60.7 Å². The highest BCUT2D eigenvalue weighted by molar-refractivity contribution is 5.77. The number of rotatable bonds is 9. The third kappa shape index (κ3) is 5.63. The van der Waals surface area contributed by atoms with Gasteiger partial charge in [0.05, 0.1) is 13.7 Å². The lowest BCUT2D eigenvalue weighted by Gasteiger charge is -2.08. The van der Waals surface area contributed by atoms with Crippen LogP contribution in [0.25, 0.3) is 11.4 Å². The van der Waals surface area contributed by atoms with E-state index in [1.807, 2.05) is 54.6 Å². The van der Waals surface area contributed by atoms with E-state index in [9.17, 15) is 4.79 Å². The molecule has 1 heterocycles. The van der Waals surface area contributed by atoms with E-state index < -0.39 is 0 Å². The van der Waals surface area contributed by atoms with Crippen LogP contribution in [0, 0.1) is 0 Å². The smallest absolute Gasteiger partial charge is 0.258 e. The topological polar surface area (TPSA) is 98.4 Å². The lowest BCUT2D eigenvalue weighted by molar-refractivity contribution is -0.123. The number of H-pyrrole nitrogens is 1. The van der Waals surface area contributed by atoms with Crippen LogP contribution in [0.2, 0.25) is 0 Å². The summed E-state index contributed by atoms with van der Waals surface area (Å²) in [6.07, 6.45) is 0. The Kier molecular flexibility index (Phi) is 6.62. The summed E-state index contributed by atoms with van der Waals surface area (Å²) in [6.45, 7) is 0.105. The normalized spacial score (nSPS) is 10.4. The predicted octanol–water partition coefficient (Wildman–Crippen LogP) is 3.97. The quantitative estimate of drug-likeness (QED) is 0.417. The third-order valence-electron chi connectivity index (χ3n) is 4.51. The maximum absolute atomic E-state index is 12.1. The summed E-state index contributed by atoms with van der Waals surface area (Å²) in [5.41, 5.74) is 0.850. The number of para-hydroxylation sites is 1. The second kappa shape index (κ2) is 10.1. The molecule has 0 aliphatic carbocycles. The largest absolute Gasteiger partial charge is 0.497 e. The van der Waals surface area contributed by atoms with Gasteiger partial charge in [0.25, 0.3) is 5.91 Å². The molecule has 8 nitrogen and oxygen atoms in total. The number of nitrogens with zero attached hydrogens (tertiary/aromatic N) is 2. The number of hydrogen-bond donors (Lipinski definition) is 2. The molecule has 2 N–H and O–H groups in total. The number of ether oxygens (including phenoxy) is 3. The summed E-state index contributed by atoms with van der Waals surface area (Å²) < 4.78 is 16.4. The van der Waals surface area contributed by atoms with Gasteiger partial charge in [-0.3, -0.25) is 9.89 Å². The Hall–Kier alpha value is -4.33. The molecule has 0 unspecified atom stereocenters. The Morgan fingerprint density at radius 2 is 1.53 bits per heavy atom. The molecule has 0 atom stereocenters. The van der Waals surface area contributed by atoms with Crippen LogP contribution in [0.4, 0.5) is 0 Å². The highest BCUT2D eigenvalue weighted by Crippen LogP contribution is 2.23. The van der Waals surface area contributed by atoms with E-state index in [1.54, 1.807) is 31.4 Å². The zero-order chi connectivity index (χ0) is 22.2. The van der Waals surface area contributed by atoms with Gasteiger partial charge >= 0.3 is 0 Å². The van der Waals surface area contributed by atoms with Crippen molar-refractivity contribution in [2.45, 2.75) is 6.54 Å². The number of benzene rings is 3. The van der Waals surface area contributed by atoms with Crippen LogP contribution >= 0.6 is 0 Å². The molecule has 162 valence electrons. The molecule has 4 aromatic rings. The zero-order valence-electron chi connectivity index (χ0n) is 17.4. The van der Waals surface area contributed by atoms with Crippen molar-refractivity contribution in [2.24, 2.45) is 0 Å². The number of amides is 1. The Morgan fingerprint density at radius 1 is 0.875 bits per heavy atom. The number of aromatic nitrogens is 3. The van der Waals surface area contributed by atoms with E-state index in [0.29, 0.717) is 23.1 Å². The average molecular weight is 430 g/mol. The summed E-state index contributed by atoms with van der Waals surface area (Å²) in [5.74, 6) is 3.60. The number of hydrogen-bond acceptors (Lipinski definition) is 6. The molecule has 1 amide bonds. The van der Waals surface area contributed by atoms with Crippen molar-refractivity contribution in [3.8, 4) is 34.4 Å². The number of methoxy groups -OCH3 is 1. The Balaban J connectivity index is 1.22. The highest BCUT2D eigenvalue weighted by atomic mass is 16.5. The number of aromatic amines is 1. The molecule has 0 spiro atoms. The zero-order valence-corrected chi connectivity index (χ0v) is 17.4. The van der Waals surface area contributed by atoms with Crippen molar-refractivity contribution in [1.29, 1.82) is 0 Å². The average Bonchev–Trinajstić information content (AvgIpc) is 3.32. The van der Waals surface area contributed by atoms with Gasteiger partial charge in [0, 0.05) is 5.56 Å². The molecule has 1 aromatic heterocycles. The van der Waals surface area contributed by atoms with Gasteiger partial charge in [-0.1, -0.05) is 18.2 Å². The van der Waals surface area contributed by atoms with Gasteiger partial charge in [-0.15, -0.1) is 0 Å². The molecule has 8 heteroatoms. The molecule has 0 aliphatic rings. The van der Waals surface area contributed by atoms with Crippen molar-refractivity contribution in [1.82, 2.24) is 20.5 Å². The van der Waals surface area contributed by atoms with Gasteiger partial charge < -0.3 is 19.5 Å². The van der Waals surface area contributed by atoms with Gasteiger partial charge in [0.15, 0.2) is 12.4 Å². The van der Waals surface area contributed by atoms with Crippen molar-refractivity contribution in [2.75, 3.05) is 13.7 Å². The van der Waals surface area contributed by atoms with Crippen molar-refractivity contribution < 1.29 is 19.0 Å². The van der Waals surface area contributed by atoms with Crippen LogP contribution in [0.5, 0.6) is 23.0 Å². The molecule has 4 rings (SSSR count). The van der Waals surface area contributed by atoms with Gasteiger partial charge in [0.1, 0.15) is 28.8 Å². The fourth-order valence-electron chi connectivity index (χ4n) is 2.85. The third-order valence-corrected chi connectivity index (χ3v) is 4.51. The monoisotopic (exact) mass is 430 g/mol. The first-order valence-electron chi connectivity index (χ1n) is 9.98. The van der Waals surface area contributed by atoms with Crippen molar-refractivity contribution in [3.63, 3.8) is 0 Å². The van der Waals surface area contributed by atoms with Gasteiger partial charge in [-0.2, -0.15) is 5.10 Å². The first-order chi connectivity index (χ1) is 15.7. The molecule has 0 fully saturated rings. The predicted molar refractivity (Wildman–Crippen MR) is 119 cm³/mol. The SMILES string of the molecule is COc1ccc(-c2n[nH]c(CNC(=O)COc3ccc(Oc4ccccc4)cc3)n2)cc1. The second-order valence-corrected chi connectivity index (χ2v) is 6.79. The fourth-order valence-corrected chi connectivity index (χ4v) is 2.85. The van der Waals surface area contributed by atoms with Gasteiger partial charge in [0.2, 0.25) is 0 Å². The molecule has 3 aromatic carbocycles. The second-order valence-electron chi connectivity index (χ2n) is 6.79. The lowest BCUT2D eigenvalue weighted by Crippen LogP contribution is -2.28.